The molecule has 3 unspecified atom stereocenters. The number of ether oxygens (including phenoxy) is 1. The largest absolute Gasteiger partial charge is 0.466 e. The smallest absolute Gasteiger partial charge is 0.320 e. The number of amides is 2. The molecule has 2 saturated heterocycles. The summed E-state index contributed by atoms with van der Waals surface area (Å²) in [7, 11) is -1.73. The summed E-state index contributed by atoms with van der Waals surface area (Å²) in [6.45, 7) is 1.96. The molecule has 118 valence electrons. The first kappa shape index (κ1) is 13.9. The molecule has 4 rings (SSSR count). The predicted octanol–water partition coefficient (Wildman–Crippen LogP) is 1.36. The standard InChI is InChI=1S/C15H18N2O4S/c1-9-4-5-10-11(8-9)21-15-6-3-7-22(19,20)13(15)12(10)16-14(18)17(15)2/h4-5,8,12-13H,3,6-7H2,1-2H3,(H,16,18). The van der Waals surface area contributed by atoms with Crippen LogP contribution >= 0.6 is 0 Å². The molecule has 1 aromatic rings. The van der Waals surface area contributed by atoms with Crippen LogP contribution in [0, 0.1) is 6.92 Å². The number of hydrogen-bond donors (Lipinski definition) is 1. The molecule has 7 heteroatoms. The van der Waals surface area contributed by atoms with Gasteiger partial charge in [0.25, 0.3) is 0 Å². The molecule has 3 aliphatic rings. The van der Waals surface area contributed by atoms with Gasteiger partial charge in [-0.05, 0) is 25.0 Å². The van der Waals surface area contributed by atoms with Gasteiger partial charge in [-0.1, -0.05) is 12.1 Å². The van der Waals surface area contributed by atoms with E-state index in [-0.39, 0.29) is 11.8 Å². The van der Waals surface area contributed by atoms with E-state index in [1.165, 1.54) is 4.90 Å². The fourth-order valence-electron chi connectivity index (χ4n) is 3.98. The van der Waals surface area contributed by atoms with Crippen molar-refractivity contribution in [3.05, 3.63) is 29.3 Å². The molecular formula is C15H18N2O4S. The van der Waals surface area contributed by atoms with Crippen molar-refractivity contribution in [2.24, 2.45) is 0 Å². The summed E-state index contributed by atoms with van der Waals surface area (Å²) >= 11 is 0. The minimum absolute atomic E-state index is 0.143. The molecule has 3 heterocycles. The van der Waals surface area contributed by atoms with Gasteiger partial charge in [-0.2, -0.15) is 0 Å². The maximum Gasteiger partial charge on any atom is 0.320 e. The molecule has 6 nitrogen and oxygen atoms in total. The van der Waals surface area contributed by atoms with Crippen molar-refractivity contribution in [2.75, 3.05) is 12.8 Å². The number of aryl methyl sites for hydroxylation is 1. The van der Waals surface area contributed by atoms with Crippen LogP contribution in [0.25, 0.3) is 0 Å². The zero-order chi connectivity index (χ0) is 15.7. The fourth-order valence-corrected chi connectivity index (χ4v) is 6.29. The van der Waals surface area contributed by atoms with Gasteiger partial charge in [0.05, 0.1) is 11.8 Å². The van der Waals surface area contributed by atoms with Crippen LogP contribution < -0.4 is 10.1 Å². The quantitative estimate of drug-likeness (QED) is 0.782. The highest BCUT2D eigenvalue weighted by Crippen LogP contribution is 2.50. The number of urea groups is 1. The Hall–Kier alpha value is -1.76. The molecule has 2 amide bonds. The van der Waals surface area contributed by atoms with Gasteiger partial charge in [0.15, 0.2) is 9.84 Å². The van der Waals surface area contributed by atoms with Gasteiger partial charge in [-0.3, -0.25) is 4.90 Å². The number of nitrogens with zero attached hydrogens (tertiary/aromatic N) is 1. The van der Waals surface area contributed by atoms with E-state index in [9.17, 15) is 13.2 Å². The van der Waals surface area contributed by atoms with Gasteiger partial charge in [0.2, 0.25) is 5.72 Å². The lowest BCUT2D eigenvalue weighted by atomic mass is 9.86. The molecule has 0 saturated carbocycles. The van der Waals surface area contributed by atoms with Crippen LogP contribution in [0.5, 0.6) is 5.75 Å². The van der Waals surface area contributed by atoms with Gasteiger partial charge >= 0.3 is 6.03 Å². The Morgan fingerprint density at radius 3 is 2.95 bits per heavy atom. The summed E-state index contributed by atoms with van der Waals surface area (Å²) in [5.41, 5.74) is 0.697. The number of carbonyl (C=O) groups excluding carboxylic acids is 1. The van der Waals surface area contributed by atoms with Crippen molar-refractivity contribution in [3.8, 4) is 5.75 Å². The van der Waals surface area contributed by atoms with E-state index in [1.54, 1.807) is 7.05 Å². The van der Waals surface area contributed by atoms with Crippen LogP contribution in [-0.4, -0.2) is 43.1 Å². The molecule has 22 heavy (non-hydrogen) atoms. The molecule has 0 radical (unpaired) electrons. The number of nitrogens with one attached hydrogen (secondary N) is 1. The molecule has 0 aliphatic carbocycles. The van der Waals surface area contributed by atoms with Gasteiger partial charge < -0.3 is 10.1 Å². The van der Waals surface area contributed by atoms with Crippen LogP contribution in [0.1, 0.15) is 30.0 Å². The molecule has 1 aromatic carbocycles. The Labute approximate surface area is 129 Å². The Kier molecular flexibility index (Phi) is 2.62. The Morgan fingerprint density at radius 2 is 2.18 bits per heavy atom. The topological polar surface area (TPSA) is 75.7 Å². The molecule has 2 bridgehead atoms. The first-order chi connectivity index (χ1) is 10.3. The minimum atomic E-state index is -3.34. The molecule has 1 N–H and O–H groups in total. The zero-order valence-electron chi connectivity index (χ0n) is 12.5. The summed E-state index contributed by atoms with van der Waals surface area (Å²) in [4.78, 5) is 13.7. The second-order valence-corrected chi connectivity index (χ2v) is 8.61. The number of hydrogen-bond acceptors (Lipinski definition) is 4. The average Bonchev–Trinajstić information content (AvgIpc) is 2.43. The van der Waals surface area contributed by atoms with Gasteiger partial charge in [0.1, 0.15) is 11.0 Å². The Bertz CT molecular complexity index is 776. The summed E-state index contributed by atoms with van der Waals surface area (Å²) in [6.07, 6.45) is 1.04. The lowest BCUT2D eigenvalue weighted by Gasteiger charge is -2.57. The maximum absolute atomic E-state index is 12.7. The van der Waals surface area contributed by atoms with Crippen molar-refractivity contribution < 1.29 is 17.9 Å². The summed E-state index contributed by atoms with van der Waals surface area (Å²) in [5, 5.41) is 2.09. The molecule has 0 aromatic heterocycles. The monoisotopic (exact) mass is 322 g/mol. The van der Waals surface area contributed by atoms with E-state index >= 15 is 0 Å². The highest BCUT2D eigenvalue weighted by molar-refractivity contribution is 7.92. The normalized spacial score (nSPS) is 35.0. The number of sulfone groups is 1. The third-order valence-corrected chi connectivity index (χ3v) is 7.31. The van der Waals surface area contributed by atoms with Crippen LogP contribution in [-0.2, 0) is 9.84 Å². The van der Waals surface area contributed by atoms with Crippen LogP contribution in [0.4, 0.5) is 4.79 Å². The van der Waals surface area contributed by atoms with E-state index < -0.39 is 26.9 Å². The Morgan fingerprint density at radius 1 is 1.41 bits per heavy atom. The molecular weight excluding hydrogens is 304 g/mol. The third-order valence-electron chi connectivity index (χ3n) is 5.04. The first-order valence-electron chi connectivity index (χ1n) is 7.41. The van der Waals surface area contributed by atoms with Gasteiger partial charge in [-0.25, -0.2) is 13.2 Å². The summed E-state index contributed by atoms with van der Waals surface area (Å²) in [5.74, 6) is 0.815. The van der Waals surface area contributed by atoms with Crippen LogP contribution in [0.3, 0.4) is 0 Å². The lowest BCUT2D eigenvalue weighted by Crippen LogP contribution is -2.75. The van der Waals surface area contributed by atoms with Crippen molar-refractivity contribution >= 4 is 15.9 Å². The molecule has 0 spiro atoms. The molecule has 3 atom stereocenters. The number of carbonyl (C=O) groups is 1. The van der Waals surface area contributed by atoms with Crippen LogP contribution in [0.15, 0.2) is 18.2 Å². The van der Waals surface area contributed by atoms with E-state index in [1.807, 2.05) is 25.1 Å². The van der Waals surface area contributed by atoms with Crippen molar-refractivity contribution in [1.29, 1.82) is 0 Å². The average molecular weight is 322 g/mol. The van der Waals surface area contributed by atoms with E-state index in [0.29, 0.717) is 18.6 Å². The summed E-state index contributed by atoms with van der Waals surface area (Å²) in [6, 6.07) is 4.85. The second-order valence-electron chi connectivity index (χ2n) is 6.37. The minimum Gasteiger partial charge on any atom is -0.466 e. The number of rotatable bonds is 0. The fraction of sp³-hybridized carbons (Fsp3) is 0.533. The van der Waals surface area contributed by atoms with E-state index in [4.69, 9.17) is 4.74 Å². The SMILES string of the molecule is Cc1ccc2c(c1)OC13CCCS(=O)(=O)C1C2NC(=O)N3C. The highest BCUT2D eigenvalue weighted by Gasteiger charge is 2.64. The summed E-state index contributed by atoms with van der Waals surface area (Å²) < 4.78 is 31.6. The lowest BCUT2D eigenvalue weighted by molar-refractivity contribution is -0.0918. The first-order valence-corrected chi connectivity index (χ1v) is 9.12. The van der Waals surface area contributed by atoms with Gasteiger partial charge in [-0.15, -0.1) is 0 Å². The number of fused-ring (bicyclic) bond motifs is 2. The van der Waals surface area contributed by atoms with Crippen molar-refractivity contribution in [1.82, 2.24) is 10.2 Å². The van der Waals surface area contributed by atoms with Crippen molar-refractivity contribution in [3.63, 3.8) is 0 Å². The zero-order valence-corrected chi connectivity index (χ0v) is 13.3. The Balaban J connectivity index is 1.99. The van der Waals surface area contributed by atoms with Gasteiger partial charge in [0, 0.05) is 19.0 Å². The number of benzene rings is 1. The third kappa shape index (κ3) is 1.60. The van der Waals surface area contributed by atoms with Crippen molar-refractivity contribution in [2.45, 2.75) is 36.8 Å². The highest BCUT2D eigenvalue weighted by atomic mass is 32.2. The van der Waals surface area contributed by atoms with E-state index in [2.05, 4.69) is 5.32 Å². The predicted molar refractivity (Wildman–Crippen MR) is 80.4 cm³/mol. The molecule has 2 fully saturated rings. The van der Waals surface area contributed by atoms with E-state index in [0.717, 1.165) is 11.1 Å². The van der Waals surface area contributed by atoms with Crippen LogP contribution in [0.2, 0.25) is 0 Å². The second kappa shape index (κ2) is 4.16. The molecule has 3 aliphatic heterocycles. The maximum atomic E-state index is 12.7.